The largest absolute Gasteiger partial charge is 0.362 e. The van der Waals surface area contributed by atoms with Crippen molar-refractivity contribution in [2.75, 3.05) is 0 Å². The SMILES string of the molecule is C=C(C(C)(O)O)C(C)(O)O. The molecule has 10 heavy (non-hydrogen) atoms. The topological polar surface area (TPSA) is 80.9 Å². The summed E-state index contributed by atoms with van der Waals surface area (Å²) in [7, 11) is 0. The van der Waals surface area contributed by atoms with Gasteiger partial charge in [0.2, 0.25) is 0 Å². The first-order chi connectivity index (χ1) is 4.15. The zero-order valence-electron chi connectivity index (χ0n) is 6.00. The molecule has 0 spiro atoms. The van der Waals surface area contributed by atoms with E-state index in [1.165, 1.54) is 0 Å². The summed E-state index contributed by atoms with van der Waals surface area (Å²) < 4.78 is 0. The van der Waals surface area contributed by atoms with Crippen molar-refractivity contribution < 1.29 is 20.4 Å². The Morgan fingerprint density at radius 1 is 1.00 bits per heavy atom. The van der Waals surface area contributed by atoms with Crippen molar-refractivity contribution in [3.8, 4) is 0 Å². The summed E-state index contributed by atoms with van der Waals surface area (Å²) in [6.45, 7) is 5.10. The van der Waals surface area contributed by atoms with E-state index in [9.17, 15) is 0 Å². The van der Waals surface area contributed by atoms with Gasteiger partial charge in [0, 0.05) is 5.57 Å². The average Bonchev–Trinajstić information content (AvgIpc) is 1.59. The minimum atomic E-state index is -2.25. The van der Waals surface area contributed by atoms with E-state index in [0.29, 0.717) is 0 Å². The molecule has 0 aromatic heterocycles. The average molecular weight is 148 g/mol. The molecule has 0 saturated carbocycles. The van der Waals surface area contributed by atoms with Crippen LogP contribution in [0.15, 0.2) is 12.2 Å². The molecule has 0 rings (SSSR count). The first-order valence-electron chi connectivity index (χ1n) is 2.75. The summed E-state index contributed by atoms with van der Waals surface area (Å²) in [5.41, 5.74) is -0.458. The van der Waals surface area contributed by atoms with Crippen molar-refractivity contribution in [1.82, 2.24) is 0 Å². The van der Waals surface area contributed by atoms with Gasteiger partial charge in [-0.2, -0.15) is 0 Å². The third kappa shape index (κ3) is 2.45. The van der Waals surface area contributed by atoms with E-state index < -0.39 is 17.1 Å². The Morgan fingerprint density at radius 3 is 1.20 bits per heavy atom. The molecule has 0 aliphatic carbocycles. The number of rotatable bonds is 2. The summed E-state index contributed by atoms with van der Waals surface area (Å²) in [6.07, 6.45) is 0. The molecule has 0 radical (unpaired) electrons. The lowest BCUT2D eigenvalue weighted by molar-refractivity contribution is -0.183. The predicted molar refractivity (Wildman–Crippen MR) is 34.8 cm³/mol. The van der Waals surface area contributed by atoms with Gasteiger partial charge in [0.1, 0.15) is 0 Å². The fourth-order valence-corrected chi connectivity index (χ4v) is 0.449. The number of hydrogen-bond donors (Lipinski definition) is 4. The van der Waals surface area contributed by atoms with Crippen LogP contribution in [0.2, 0.25) is 0 Å². The molecule has 0 aliphatic rings. The lowest BCUT2D eigenvalue weighted by Gasteiger charge is -2.27. The van der Waals surface area contributed by atoms with Crippen LogP contribution >= 0.6 is 0 Å². The smallest absolute Gasteiger partial charge is 0.187 e. The second-order valence-electron chi connectivity index (χ2n) is 2.52. The lowest BCUT2D eigenvalue weighted by atomic mass is 10.0. The lowest BCUT2D eigenvalue weighted by Crippen LogP contribution is -2.39. The maximum atomic E-state index is 8.76. The van der Waals surface area contributed by atoms with Crippen LogP contribution in [0.4, 0.5) is 0 Å². The van der Waals surface area contributed by atoms with E-state index in [1.807, 2.05) is 0 Å². The molecule has 0 heterocycles. The van der Waals surface area contributed by atoms with E-state index in [0.717, 1.165) is 13.8 Å². The van der Waals surface area contributed by atoms with Gasteiger partial charge in [-0.3, -0.25) is 0 Å². The summed E-state index contributed by atoms with van der Waals surface area (Å²) in [5, 5.41) is 35.0. The Balaban J connectivity index is 4.40. The quantitative estimate of drug-likeness (QED) is 0.297. The van der Waals surface area contributed by atoms with Gasteiger partial charge < -0.3 is 20.4 Å². The molecule has 0 aliphatic heterocycles. The standard InChI is InChI=1S/C6H12O4/c1-4(5(2,7)8)6(3,9)10/h7-10H,1H2,2-3H3. The van der Waals surface area contributed by atoms with E-state index in [2.05, 4.69) is 6.58 Å². The highest BCUT2D eigenvalue weighted by atomic mass is 16.5. The van der Waals surface area contributed by atoms with Gasteiger partial charge in [-0.25, -0.2) is 0 Å². The van der Waals surface area contributed by atoms with Gasteiger partial charge in [0.15, 0.2) is 11.6 Å². The normalized spacial score (nSPS) is 13.4. The number of aliphatic hydroxyl groups is 4. The molecule has 0 saturated heterocycles. The number of hydrogen-bond acceptors (Lipinski definition) is 4. The van der Waals surface area contributed by atoms with Crippen LogP contribution in [-0.4, -0.2) is 32.0 Å². The molecule has 4 nitrogen and oxygen atoms in total. The molecular formula is C6H12O4. The van der Waals surface area contributed by atoms with Crippen LogP contribution in [0.5, 0.6) is 0 Å². The Kier molecular flexibility index (Phi) is 2.22. The summed E-state index contributed by atoms with van der Waals surface area (Å²) in [5.74, 6) is -4.50. The van der Waals surface area contributed by atoms with Gasteiger partial charge in [-0.05, 0) is 13.8 Å². The van der Waals surface area contributed by atoms with E-state index in [1.54, 1.807) is 0 Å². The third-order valence-electron chi connectivity index (χ3n) is 1.14. The van der Waals surface area contributed by atoms with Gasteiger partial charge >= 0.3 is 0 Å². The van der Waals surface area contributed by atoms with Crippen molar-refractivity contribution in [2.45, 2.75) is 25.4 Å². The summed E-state index contributed by atoms with van der Waals surface area (Å²) in [4.78, 5) is 0. The van der Waals surface area contributed by atoms with Crippen LogP contribution < -0.4 is 0 Å². The highest BCUT2D eigenvalue weighted by Crippen LogP contribution is 2.20. The zero-order chi connectivity index (χ0) is 8.58. The minimum absolute atomic E-state index is 0.458. The fourth-order valence-electron chi connectivity index (χ4n) is 0.449. The highest BCUT2D eigenvalue weighted by molar-refractivity contribution is 5.12. The van der Waals surface area contributed by atoms with Gasteiger partial charge in [0.25, 0.3) is 0 Å². The molecule has 4 N–H and O–H groups in total. The summed E-state index contributed by atoms with van der Waals surface area (Å²) in [6, 6.07) is 0. The summed E-state index contributed by atoms with van der Waals surface area (Å²) >= 11 is 0. The van der Waals surface area contributed by atoms with Crippen LogP contribution in [0.3, 0.4) is 0 Å². The first-order valence-corrected chi connectivity index (χ1v) is 2.75. The molecule has 0 unspecified atom stereocenters. The highest BCUT2D eigenvalue weighted by Gasteiger charge is 2.33. The molecule has 0 fully saturated rings. The first kappa shape index (κ1) is 9.58. The molecule has 0 atom stereocenters. The molecular weight excluding hydrogens is 136 g/mol. The van der Waals surface area contributed by atoms with Crippen molar-refractivity contribution in [3.05, 3.63) is 12.2 Å². The Hall–Kier alpha value is -0.420. The molecule has 60 valence electrons. The second kappa shape index (κ2) is 2.32. The Morgan fingerprint density at radius 2 is 1.20 bits per heavy atom. The van der Waals surface area contributed by atoms with Crippen molar-refractivity contribution in [1.29, 1.82) is 0 Å². The molecule has 0 bridgehead atoms. The van der Waals surface area contributed by atoms with Gasteiger partial charge in [-0.1, -0.05) is 6.58 Å². The van der Waals surface area contributed by atoms with Crippen molar-refractivity contribution >= 4 is 0 Å². The Labute approximate surface area is 59.1 Å². The monoisotopic (exact) mass is 148 g/mol. The molecule has 0 aromatic rings. The predicted octanol–water partition coefficient (Wildman–Crippen LogP) is -1.06. The van der Waals surface area contributed by atoms with Gasteiger partial charge in [0.05, 0.1) is 0 Å². The second-order valence-corrected chi connectivity index (χ2v) is 2.52. The Bertz CT molecular complexity index is 121. The van der Waals surface area contributed by atoms with E-state index in [-0.39, 0.29) is 0 Å². The van der Waals surface area contributed by atoms with Crippen LogP contribution in [0.25, 0.3) is 0 Å². The molecule has 0 amide bonds. The molecule has 0 aromatic carbocycles. The van der Waals surface area contributed by atoms with Crippen LogP contribution in [-0.2, 0) is 0 Å². The van der Waals surface area contributed by atoms with E-state index in [4.69, 9.17) is 20.4 Å². The van der Waals surface area contributed by atoms with Crippen molar-refractivity contribution in [2.24, 2.45) is 0 Å². The van der Waals surface area contributed by atoms with Crippen LogP contribution in [0, 0.1) is 0 Å². The maximum Gasteiger partial charge on any atom is 0.187 e. The minimum Gasteiger partial charge on any atom is -0.362 e. The van der Waals surface area contributed by atoms with Crippen LogP contribution in [0.1, 0.15) is 13.8 Å². The van der Waals surface area contributed by atoms with Crippen molar-refractivity contribution in [3.63, 3.8) is 0 Å². The van der Waals surface area contributed by atoms with E-state index >= 15 is 0 Å². The molecule has 4 heteroatoms. The fraction of sp³-hybridized carbons (Fsp3) is 0.667. The maximum absolute atomic E-state index is 8.76. The third-order valence-corrected chi connectivity index (χ3v) is 1.14. The zero-order valence-corrected chi connectivity index (χ0v) is 6.00. The van der Waals surface area contributed by atoms with Gasteiger partial charge in [-0.15, -0.1) is 0 Å².